The van der Waals surface area contributed by atoms with Gasteiger partial charge < -0.3 is 5.32 Å². The average Bonchev–Trinajstić information content (AvgIpc) is 3.25. The first-order valence-corrected chi connectivity index (χ1v) is 10.4. The lowest BCUT2D eigenvalue weighted by Gasteiger charge is -2.29. The van der Waals surface area contributed by atoms with Gasteiger partial charge in [0.05, 0.1) is 17.6 Å². The molecule has 2 aliphatic rings. The number of nitrogens with zero attached hydrogens (tertiary/aromatic N) is 4. The second kappa shape index (κ2) is 7.75. The maximum absolute atomic E-state index is 12.8. The van der Waals surface area contributed by atoms with Crippen LogP contribution in [0, 0.1) is 0 Å². The Bertz CT molecular complexity index is 966. The standard InChI is InChI=1S/C20H21N5O3S/c1-14(26)24(16-8-4-2-5-9-16)19-22-15(13-29-19)12-21-25-17(27)20(23-18(25)28)10-6-3-7-11-20/h2,4-5,8-9,12-13H,3,6-7,10-11H2,1H3,(H,23,28)/b21-12-. The SMILES string of the molecule is CC(=O)N(c1ccccc1)c1nc(/C=N\N2C(=O)NC3(CCCCC3)C2=O)cs1. The minimum Gasteiger partial charge on any atom is -0.321 e. The molecule has 4 amide bonds. The molecule has 9 heteroatoms. The summed E-state index contributed by atoms with van der Waals surface area (Å²) in [6, 6.07) is 8.72. The zero-order chi connectivity index (χ0) is 20.4. The van der Waals surface area contributed by atoms with Crippen molar-refractivity contribution < 1.29 is 14.4 Å². The van der Waals surface area contributed by atoms with Crippen molar-refractivity contribution in [3.63, 3.8) is 0 Å². The number of benzene rings is 1. The summed E-state index contributed by atoms with van der Waals surface area (Å²) in [5.74, 6) is -0.467. The maximum atomic E-state index is 12.8. The molecule has 0 bridgehead atoms. The molecule has 29 heavy (non-hydrogen) atoms. The van der Waals surface area contributed by atoms with E-state index >= 15 is 0 Å². The average molecular weight is 411 g/mol. The van der Waals surface area contributed by atoms with Crippen LogP contribution in [-0.4, -0.2) is 39.6 Å². The molecule has 1 aliphatic heterocycles. The first-order chi connectivity index (χ1) is 14.0. The minimum absolute atomic E-state index is 0.164. The number of hydrogen-bond donors (Lipinski definition) is 1. The number of imide groups is 1. The number of nitrogens with one attached hydrogen (secondary N) is 1. The van der Waals surface area contributed by atoms with E-state index in [9.17, 15) is 14.4 Å². The molecule has 1 aromatic carbocycles. The van der Waals surface area contributed by atoms with Gasteiger partial charge >= 0.3 is 6.03 Å². The number of hydrazone groups is 1. The molecule has 2 fully saturated rings. The van der Waals surface area contributed by atoms with Gasteiger partial charge in [-0.25, -0.2) is 9.78 Å². The lowest BCUT2D eigenvalue weighted by Crippen LogP contribution is -2.48. The van der Waals surface area contributed by atoms with Crippen molar-refractivity contribution >= 4 is 46.2 Å². The van der Waals surface area contributed by atoms with Crippen LogP contribution < -0.4 is 10.2 Å². The van der Waals surface area contributed by atoms with Gasteiger partial charge in [0, 0.05) is 12.3 Å². The van der Waals surface area contributed by atoms with E-state index < -0.39 is 11.6 Å². The Labute approximate surface area is 172 Å². The number of para-hydroxylation sites is 1. The topological polar surface area (TPSA) is 95.0 Å². The molecule has 2 heterocycles. The Kier molecular flexibility index (Phi) is 5.14. The first kappa shape index (κ1) is 19.3. The third-order valence-corrected chi connectivity index (χ3v) is 6.03. The zero-order valence-corrected chi connectivity index (χ0v) is 16.8. The van der Waals surface area contributed by atoms with E-state index in [-0.39, 0.29) is 11.8 Å². The summed E-state index contributed by atoms with van der Waals surface area (Å²) in [6.07, 6.45) is 5.58. The molecule has 150 valence electrons. The van der Waals surface area contributed by atoms with E-state index in [4.69, 9.17) is 0 Å². The summed E-state index contributed by atoms with van der Waals surface area (Å²) in [7, 11) is 0. The molecule has 1 saturated carbocycles. The van der Waals surface area contributed by atoms with Gasteiger partial charge in [-0.3, -0.25) is 14.5 Å². The van der Waals surface area contributed by atoms with Gasteiger partial charge in [0.2, 0.25) is 5.91 Å². The molecular weight excluding hydrogens is 390 g/mol. The normalized spacial score (nSPS) is 18.4. The number of thiazole rings is 1. The number of carbonyl (C=O) groups excluding carboxylic acids is 3. The number of urea groups is 1. The number of aromatic nitrogens is 1. The summed E-state index contributed by atoms with van der Waals surface area (Å²) in [5, 5.41) is 10.0. The van der Waals surface area contributed by atoms with Crippen molar-refractivity contribution in [2.45, 2.75) is 44.6 Å². The Morgan fingerprint density at radius 2 is 1.97 bits per heavy atom. The van der Waals surface area contributed by atoms with Gasteiger partial charge in [-0.2, -0.15) is 5.10 Å². The summed E-state index contributed by atoms with van der Waals surface area (Å²) in [4.78, 5) is 43.1. The molecule has 8 nitrogen and oxygen atoms in total. The van der Waals surface area contributed by atoms with Gasteiger partial charge in [0.1, 0.15) is 5.54 Å². The summed E-state index contributed by atoms with van der Waals surface area (Å²) < 4.78 is 0. The fourth-order valence-corrected chi connectivity index (χ4v) is 4.60. The van der Waals surface area contributed by atoms with E-state index in [0.29, 0.717) is 29.4 Å². The van der Waals surface area contributed by atoms with Crippen molar-refractivity contribution in [2.24, 2.45) is 5.10 Å². The number of amides is 4. The molecule has 1 aliphatic carbocycles. The molecule has 2 aromatic rings. The smallest absolute Gasteiger partial charge is 0.321 e. The number of rotatable bonds is 4. The van der Waals surface area contributed by atoms with Crippen LogP contribution in [0.3, 0.4) is 0 Å². The second-order valence-corrected chi connectivity index (χ2v) is 8.02. The number of hydrogen-bond acceptors (Lipinski definition) is 6. The molecule has 4 rings (SSSR count). The molecule has 0 unspecified atom stereocenters. The van der Waals surface area contributed by atoms with Gasteiger partial charge in [-0.15, -0.1) is 16.3 Å². The van der Waals surface area contributed by atoms with Gasteiger partial charge in [-0.05, 0) is 25.0 Å². The minimum atomic E-state index is -0.807. The largest absolute Gasteiger partial charge is 0.346 e. The molecule has 1 N–H and O–H groups in total. The van der Waals surface area contributed by atoms with Crippen LogP contribution in [0.2, 0.25) is 0 Å². The highest BCUT2D eigenvalue weighted by atomic mass is 32.1. The predicted molar refractivity (Wildman–Crippen MR) is 110 cm³/mol. The second-order valence-electron chi connectivity index (χ2n) is 7.18. The summed E-state index contributed by atoms with van der Waals surface area (Å²) >= 11 is 1.29. The highest BCUT2D eigenvalue weighted by Gasteiger charge is 2.51. The first-order valence-electron chi connectivity index (χ1n) is 9.52. The van der Waals surface area contributed by atoms with Crippen molar-refractivity contribution in [1.29, 1.82) is 0 Å². The van der Waals surface area contributed by atoms with Crippen LogP contribution in [-0.2, 0) is 9.59 Å². The van der Waals surface area contributed by atoms with Gasteiger partial charge in [0.15, 0.2) is 5.13 Å². The lowest BCUT2D eigenvalue weighted by molar-refractivity contribution is -0.132. The van der Waals surface area contributed by atoms with Crippen molar-refractivity contribution in [1.82, 2.24) is 15.3 Å². The van der Waals surface area contributed by atoms with Crippen LogP contribution in [0.5, 0.6) is 0 Å². The highest BCUT2D eigenvalue weighted by molar-refractivity contribution is 7.14. The summed E-state index contributed by atoms with van der Waals surface area (Å²) in [6.45, 7) is 1.47. The third kappa shape index (κ3) is 3.65. The quantitative estimate of drug-likeness (QED) is 0.616. The predicted octanol–water partition coefficient (Wildman–Crippen LogP) is 3.42. The molecular formula is C20H21N5O3S. The van der Waals surface area contributed by atoms with Crippen molar-refractivity contribution in [3.8, 4) is 0 Å². The van der Waals surface area contributed by atoms with Gasteiger partial charge in [-0.1, -0.05) is 37.5 Å². The van der Waals surface area contributed by atoms with E-state index in [0.717, 1.165) is 24.3 Å². The van der Waals surface area contributed by atoms with Crippen LogP contribution in [0.25, 0.3) is 0 Å². The number of anilines is 2. The highest BCUT2D eigenvalue weighted by Crippen LogP contribution is 2.34. The lowest BCUT2D eigenvalue weighted by atomic mass is 9.82. The van der Waals surface area contributed by atoms with Gasteiger partial charge in [0.25, 0.3) is 5.91 Å². The van der Waals surface area contributed by atoms with Crippen LogP contribution in [0.4, 0.5) is 15.6 Å². The van der Waals surface area contributed by atoms with Crippen molar-refractivity contribution in [3.05, 3.63) is 41.4 Å². The zero-order valence-electron chi connectivity index (χ0n) is 16.0. The van der Waals surface area contributed by atoms with Crippen molar-refractivity contribution in [2.75, 3.05) is 4.90 Å². The van der Waals surface area contributed by atoms with E-state index in [1.807, 2.05) is 30.3 Å². The van der Waals surface area contributed by atoms with Crippen LogP contribution in [0.15, 0.2) is 40.8 Å². The Morgan fingerprint density at radius 1 is 1.24 bits per heavy atom. The molecule has 0 radical (unpaired) electrons. The molecule has 1 spiro atoms. The molecule has 1 aromatic heterocycles. The Balaban J connectivity index is 1.53. The third-order valence-electron chi connectivity index (χ3n) is 5.18. The molecule has 0 atom stereocenters. The van der Waals surface area contributed by atoms with Crippen LogP contribution in [0.1, 0.15) is 44.7 Å². The monoisotopic (exact) mass is 411 g/mol. The van der Waals surface area contributed by atoms with E-state index in [2.05, 4.69) is 15.4 Å². The summed E-state index contributed by atoms with van der Waals surface area (Å²) in [5.41, 5.74) is 0.377. The number of carbonyl (C=O) groups is 3. The van der Waals surface area contributed by atoms with E-state index in [1.54, 1.807) is 5.38 Å². The fourth-order valence-electron chi connectivity index (χ4n) is 3.76. The van der Waals surface area contributed by atoms with E-state index in [1.165, 1.54) is 29.4 Å². The fraction of sp³-hybridized carbons (Fsp3) is 0.350. The van der Waals surface area contributed by atoms with Crippen LogP contribution >= 0.6 is 11.3 Å². The Morgan fingerprint density at radius 3 is 2.66 bits per heavy atom. The molecule has 1 saturated heterocycles. The Hall–Kier alpha value is -3.07. The maximum Gasteiger partial charge on any atom is 0.346 e.